The van der Waals surface area contributed by atoms with Crippen molar-refractivity contribution in [3.63, 3.8) is 0 Å². The second-order valence-corrected chi connectivity index (χ2v) is 3.83. The molecule has 1 unspecified atom stereocenters. The topological polar surface area (TPSA) is 9.23 Å². The fourth-order valence-corrected chi connectivity index (χ4v) is 1.65. The van der Waals surface area contributed by atoms with Gasteiger partial charge in [0.15, 0.2) is 0 Å². The third kappa shape index (κ3) is 5.09. The van der Waals surface area contributed by atoms with Crippen molar-refractivity contribution in [2.75, 3.05) is 6.61 Å². The molecular weight excluding hydrogens is 160 g/mol. The van der Waals surface area contributed by atoms with Crippen molar-refractivity contribution in [3.05, 3.63) is 12.2 Å². The molecule has 13 heavy (non-hydrogen) atoms. The lowest BCUT2D eigenvalue weighted by molar-refractivity contribution is 0.0745. The highest BCUT2D eigenvalue weighted by Crippen LogP contribution is 2.14. The molecule has 0 amide bonds. The van der Waals surface area contributed by atoms with Gasteiger partial charge in [-0.25, -0.2) is 0 Å². The Morgan fingerprint density at radius 3 is 3.08 bits per heavy atom. The predicted molar refractivity (Wildman–Crippen MR) is 56.9 cm³/mol. The second kappa shape index (κ2) is 7.14. The minimum atomic E-state index is 0.409. The van der Waals surface area contributed by atoms with Crippen LogP contribution in [0.3, 0.4) is 0 Å². The molecule has 0 bridgehead atoms. The zero-order valence-corrected chi connectivity index (χ0v) is 8.80. The van der Waals surface area contributed by atoms with E-state index in [0.717, 1.165) is 6.61 Å². The summed E-state index contributed by atoms with van der Waals surface area (Å²) in [4.78, 5) is 0. The van der Waals surface area contributed by atoms with E-state index >= 15 is 0 Å². The maximum Gasteiger partial charge on any atom is 0.0755 e. The monoisotopic (exact) mass is 182 g/mol. The van der Waals surface area contributed by atoms with Gasteiger partial charge in [-0.2, -0.15) is 0 Å². The first-order chi connectivity index (χ1) is 6.43. The minimum absolute atomic E-state index is 0.409. The third-order valence-corrected chi connectivity index (χ3v) is 2.54. The summed E-state index contributed by atoms with van der Waals surface area (Å²) in [5.74, 6) is 0. The van der Waals surface area contributed by atoms with Gasteiger partial charge in [0.05, 0.1) is 6.10 Å². The molecule has 1 heteroatoms. The van der Waals surface area contributed by atoms with Crippen molar-refractivity contribution in [1.82, 2.24) is 0 Å². The van der Waals surface area contributed by atoms with Crippen LogP contribution in [-0.4, -0.2) is 12.7 Å². The van der Waals surface area contributed by atoms with E-state index in [0.29, 0.717) is 6.10 Å². The van der Waals surface area contributed by atoms with E-state index in [9.17, 15) is 0 Å². The molecule has 0 aromatic rings. The van der Waals surface area contributed by atoms with Crippen LogP contribution in [-0.2, 0) is 4.74 Å². The van der Waals surface area contributed by atoms with E-state index in [1.165, 1.54) is 44.9 Å². The summed E-state index contributed by atoms with van der Waals surface area (Å²) in [6.45, 7) is 3.14. The Morgan fingerprint density at radius 1 is 1.31 bits per heavy atom. The Kier molecular flexibility index (Phi) is 5.92. The molecule has 1 aliphatic rings. The molecule has 0 N–H and O–H groups in total. The smallest absolute Gasteiger partial charge is 0.0755 e. The fraction of sp³-hybridized carbons (Fsp3) is 0.833. The summed E-state index contributed by atoms with van der Waals surface area (Å²) in [5.41, 5.74) is 0. The van der Waals surface area contributed by atoms with E-state index in [4.69, 9.17) is 4.74 Å². The van der Waals surface area contributed by atoms with Crippen molar-refractivity contribution >= 4 is 0 Å². The average Bonchev–Trinajstić information content (AvgIpc) is 2.08. The molecule has 1 rings (SSSR count). The van der Waals surface area contributed by atoms with Crippen LogP contribution < -0.4 is 0 Å². The van der Waals surface area contributed by atoms with Gasteiger partial charge >= 0.3 is 0 Å². The lowest BCUT2D eigenvalue weighted by Crippen LogP contribution is -2.11. The third-order valence-electron chi connectivity index (χ3n) is 2.54. The summed E-state index contributed by atoms with van der Waals surface area (Å²) < 4.78 is 5.77. The van der Waals surface area contributed by atoms with Gasteiger partial charge in [-0.15, -0.1) is 0 Å². The SMILES string of the molecule is CCCCOC1/C=C\CCCCC1. The second-order valence-electron chi connectivity index (χ2n) is 3.83. The Morgan fingerprint density at radius 2 is 2.23 bits per heavy atom. The van der Waals surface area contributed by atoms with E-state index < -0.39 is 0 Å². The lowest BCUT2D eigenvalue weighted by Gasteiger charge is -2.15. The van der Waals surface area contributed by atoms with Crippen molar-refractivity contribution in [1.29, 1.82) is 0 Å². The van der Waals surface area contributed by atoms with E-state index in [1.54, 1.807) is 0 Å². The summed E-state index contributed by atoms with van der Waals surface area (Å²) in [7, 11) is 0. The fourth-order valence-electron chi connectivity index (χ4n) is 1.65. The van der Waals surface area contributed by atoms with Gasteiger partial charge in [0, 0.05) is 6.61 Å². The highest BCUT2D eigenvalue weighted by Gasteiger charge is 2.05. The van der Waals surface area contributed by atoms with Gasteiger partial charge in [0.2, 0.25) is 0 Å². The molecule has 0 saturated carbocycles. The Hall–Kier alpha value is -0.300. The van der Waals surface area contributed by atoms with Gasteiger partial charge in [0.1, 0.15) is 0 Å². The lowest BCUT2D eigenvalue weighted by atomic mass is 10.0. The van der Waals surface area contributed by atoms with Gasteiger partial charge in [-0.05, 0) is 25.7 Å². The maximum absolute atomic E-state index is 5.77. The molecule has 0 aromatic heterocycles. The number of allylic oxidation sites excluding steroid dienone is 1. The molecule has 0 heterocycles. The standard InChI is InChI=1S/C12H22O/c1-2-3-11-13-12-9-7-5-4-6-8-10-12/h7,9,12H,2-6,8,10-11H2,1H3/b9-7-. The van der Waals surface area contributed by atoms with Crippen molar-refractivity contribution in [2.45, 2.75) is 58.0 Å². The number of unbranched alkanes of at least 4 members (excludes halogenated alkanes) is 1. The van der Waals surface area contributed by atoms with E-state index in [1.807, 2.05) is 0 Å². The molecule has 1 aliphatic carbocycles. The van der Waals surface area contributed by atoms with Crippen LogP contribution in [0.5, 0.6) is 0 Å². The molecule has 76 valence electrons. The van der Waals surface area contributed by atoms with E-state index in [2.05, 4.69) is 19.1 Å². The van der Waals surface area contributed by atoms with Crippen LogP contribution in [0.4, 0.5) is 0 Å². The number of hydrogen-bond donors (Lipinski definition) is 0. The number of hydrogen-bond acceptors (Lipinski definition) is 1. The Balaban J connectivity index is 2.17. The maximum atomic E-state index is 5.77. The molecule has 0 radical (unpaired) electrons. The summed E-state index contributed by atoms with van der Waals surface area (Å²) in [6, 6.07) is 0. The Labute approximate surface area is 82.2 Å². The van der Waals surface area contributed by atoms with Crippen molar-refractivity contribution in [2.24, 2.45) is 0 Å². The Bertz CT molecular complexity index is 140. The zero-order chi connectivity index (χ0) is 9.36. The van der Waals surface area contributed by atoms with Crippen molar-refractivity contribution < 1.29 is 4.74 Å². The van der Waals surface area contributed by atoms with Gasteiger partial charge in [-0.1, -0.05) is 38.3 Å². The molecule has 0 aliphatic heterocycles. The van der Waals surface area contributed by atoms with Gasteiger partial charge in [0.25, 0.3) is 0 Å². The van der Waals surface area contributed by atoms with Crippen molar-refractivity contribution in [3.8, 4) is 0 Å². The molecular formula is C12H22O. The highest BCUT2D eigenvalue weighted by atomic mass is 16.5. The first-order valence-electron chi connectivity index (χ1n) is 5.71. The molecule has 0 aromatic carbocycles. The minimum Gasteiger partial charge on any atom is -0.374 e. The van der Waals surface area contributed by atoms with Crippen LogP contribution in [0.2, 0.25) is 0 Å². The molecule has 0 saturated heterocycles. The number of rotatable bonds is 4. The summed E-state index contributed by atoms with van der Waals surface area (Å²) in [5, 5.41) is 0. The molecule has 1 atom stereocenters. The van der Waals surface area contributed by atoms with Gasteiger partial charge in [-0.3, -0.25) is 0 Å². The first-order valence-corrected chi connectivity index (χ1v) is 5.71. The molecule has 0 spiro atoms. The number of ether oxygens (including phenoxy) is 1. The largest absolute Gasteiger partial charge is 0.374 e. The molecule has 1 nitrogen and oxygen atoms in total. The first kappa shape index (κ1) is 10.8. The summed E-state index contributed by atoms with van der Waals surface area (Å²) in [6.07, 6.45) is 13.9. The summed E-state index contributed by atoms with van der Waals surface area (Å²) >= 11 is 0. The van der Waals surface area contributed by atoms with Crippen LogP contribution in [0.25, 0.3) is 0 Å². The van der Waals surface area contributed by atoms with Crippen LogP contribution >= 0.6 is 0 Å². The highest BCUT2D eigenvalue weighted by molar-refractivity contribution is 4.91. The van der Waals surface area contributed by atoms with E-state index in [-0.39, 0.29) is 0 Å². The van der Waals surface area contributed by atoms with Crippen LogP contribution in [0.15, 0.2) is 12.2 Å². The van der Waals surface area contributed by atoms with Crippen LogP contribution in [0, 0.1) is 0 Å². The zero-order valence-electron chi connectivity index (χ0n) is 8.80. The average molecular weight is 182 g/mol. The van der Waals surface area contributed by atoms with Crippen LogP contribution in [0.1, 0.15) is 51.9 Å². The predicted octanol–water partition coefficient (Wildman–Crippen LogP) is 3.69. The van der Waals surface area contributed by atoms with Gasteiger partial charge < -0.3 is 4.74 Å². The molecule has 0 fully saturated rings. The quantitative estimate of drug-likeness (QED) is 0.476. The normalized spacial score (nSPS) is 26.4.